The Bertz CT molecular complexity index is 579. The van der Waals surface area contributed by atoms with E-state index in [1.165, 1.54) is 0 Å². The summed E-state index contributed by atoms with van der Waals surface area (Å²) in [6, 6.07) is 9.75. The number of piperidine rings is 1. The third kappa shape index (κ3) is 6.40. The minimum Gasteiger partial charge on any atom is -0.460 e. The second kappa shape index (κ2) is 8.37. The number of benzene rings is 1. The lowest BCUT2D eigenvalue weighted by molar-refractivity contribution is -0.156. The van der Waals surface area contributed by atoms with Crippen LogP contribution < -0.4 is 0 Å². The molecule has 2 unspecified atom stereocenters. The van der Waals surface area contributed by atoms with Crippen molar-refractivity contribution in [2.24, 2.45) is 5.92 Å². The molecule has 1 heterocycles. The van der Waals surface area contributed by atoms with Gasteiger partial charge in [-0.2, -0.15) is 0 Å². The number of likely N-dealkylation sites (tertiary alicyclic amines) is 1. The van der Waals surface area contributed by atoms with E-state index in [9.17, 15) is 9.59 Å². The number of amides is 1. The summed E-state index contributed by atoms with van der Waals surface area (Å²) in [7, 11) is 0. The summed E-state index contributed by atoms with van der Waals surface area (Å²) in [5.74, 6) is -0.0834. The summed E-state index contributed by atoms with van der Waals surface area (Å²) in [4.78, 5) is 26.2. The lowest BCUT2D eigenvalue weighted by Gasteiger charge is -2.37. The van der Waals surface area contributed by atoms with E-state index in [1.807, 2.05) is 58.0 Å². The van der Waals surface area contributed by atoms with Gasteiger partial charge in [-0.25, -0.2) is 4.79 Å². The number of carbonyl (C=O) groups excluding carboxylic acids is 2. The highest BCUT2D eigenvalue weighted by atomic mass is 16.6. The van der Waals surface area contributed by atoms with Crippen LogP contribution in [0.25, 0.3) is 0 Å². The Balaban J connectivity index is 1.86. The van der Waals surface area contributed by atoms with E-state index < -0.39 is 5.60 Å². The summed E-state index contributed by atoms with van der Waals surface area (Å²) in [5, 5.41) is 0. The van der Waals surface area contributed by atoms with Crippen LogP contribution in [0, 0.1) is 5.92 Å². The maximum atomic E-state index is 12.4. The van der Waals surface area contributed by atoms with Crippen LogP contribution in [0.5, 0.6) is 0 Å². The fourth-order valence-electron chi connectivity index (χ4n) is 3.02. The summed E-state index contributed by atoms with van der Waals surface area (Å²) in [6.07, 6.45) is 1.81. The maximum absolute atomic E-state index is 12.4. The van der Waals surface area contributed by atoms with Gasteiger partial charge in [0.15, 0.2) is 0 Å². The normalized spacial score (nSPS) is 20.9. The third-order valence-electron chi connectivity index (χ3n) is 4.29. The van der Waals surface area contributed by atoms with Crippen molar-refractivity contribution in [2.45, 2.75) is 65.2 Å². The van der Waals surface area contributed by atoms with Crippen molar-refractivity contribution in [3.8, 4) is 0 Å². The molecule has 1 fully saturated rings. The molecular formula is C20H29NO4. The molecule has 0 aliphatic carbocycles. The minimum absolute atomic E-state index is 0.121. The SMILES string of the molecule is CC1CCC(CC(=O)OC(C)(C)C)CN1C(=O)OCc1ccccc1. The summed E-state index contributed by atoms with van der Waals surface area (Å²) in [5.41, 5.74) is 0.485. The van der Waals surface area contributed by atoms with Gasteiger partial charge < -0.3 is 14.4 Å². The smallest absolute Gasteiger partial charge is 0.410 e. The average Bonchev–Trinajstić information content (AvgIpc) is 2.53. The van der Waals surface area contributed by atoms with Gasteiger partial charge >= 0.3 is 12.1 Å². The molecule has 1 aliphatic rings. The van der Waals surface area contributed by atoms with Crippen molar-refractivity contribution in [1.29, 1.82) is 0 Å². The largest absolute Gasteiger partial charge is 0.460 e. The van der Waals surface area contributed by atoms with E-state index in [2.05, 4.69) is 0 Å². The molecule has 1 aliphatic heterocycles. The molecule has 0 N–H and O–H groups in total. The molecule has 0 saturated carbocycles. The monoisotopic (exact) mass is 347 g/mol. The molecule has 1 aromatic rings. The van der Waals surface area contributed by atoms with E-state index in [1.54, 1.807) is 4.90 Å². The van der Waals surface area contributed by atoms with Crippen molar-refractivity contribution in [3.05, 3.63) is 35.9 Å². The van der Waals surface area contributed by atoms with Crippen LogP contribution in [0.1, 0.15) is 52.5 Å². The van der Waals surface area contributed by atoms with Gasteiger partial charge in [0.2, 0.25) is 0 Å². The Morgan fingerprint density at radius 3 is 2.48 bits per heavy atom. The third-order valence-corrected chi connectivity index (χ3v) is 4.29. The second-order valence-corrected chi connectivity index (χ2v) is 7.78. The first-order valence-electron chi connectivity index (χ1n) is 8.94. The van der Waals surface area contributed by atoms with Crippen LogP contribution in [0.4, 0.5) is 4.79 Å². The van der Waals surface area contributed by atoms with Crippen molar-refractivity contribution in [3.63, 3.8) is 0 Å². The van der Waals surface area contributed by atoms with Crippen LogP contribution >= 0.6 is 0 Å². The van der Waals surface area contributed by atoms with Crippen molar-refractivity contribution >= 4 is 12.1 Å². The molecule has 1 amide bonds. The van der Waals surface area contributed by atoms with E-state index >= 15 is 0 Å². The molecule has 0 bridgehead atoms. The van der Waals surface area contributed by atoms with Crippen molar-refractivity contribution in [2.75, 3.05) is 6.54 Å². The molecule has 25 heavy (non-hydrogen) atoms. The number of nitrogens with zero attached hydrogens (tertiary/aromatic N) is 1. The lowest BCUT2D eigenvalue weighted by atomic mass is 9.91. The Hall–Kier alpha value is -2.04. The fourth-order valence-corrected chi connectivity index (χ4v) is 3.02. The molecule has 2 rings (SSSR count). The van der Waals surface area contributed by atoms with Gasteiger partial charge in [-0.3, -0.25) is 4.79 Å². The number of esters is 1. The van der Waals surface area contributed by atoms with Gasteiger partial charge in [-0.05, 0) is 52.0 Å². The lowest BCUT2D eigenvalue weighted by Crippen LogP contribution is -2.46. The molecule has 1 saturated heterocycles. The fraction of sp³-hybridized carbons (Fsp3) is 0.600. The predicted octanol–water partition coefficient (Wildman–Crippen LogP) is 4.16. The number of rotatable bonds is 4. The molecule has 5 nitrogen and oxygen atoms in total. The van der Waals surface area contributed by atoms with Gasteiger partial charge in [0, 0.05) is 12.6 Å². The van der Waals surface area contributed by atoms with Crippen LogP contribution in [-0.4, -0.2) is 35.2 Å². The molecule has 2 atom stereocenters. The zero-order valence-corrected chi connectivity index (χ0v) is 15.7. The van der Waals surface area contributed by atoms with Crippen molar-refractivity contribution < 1.29 is 19.1 Å². The van der Waals surface area contributed by atoms with E-state index in [4.69, 9.17) is 9.47 Å². The number of hydrogen-bond donors (Lipinski definition) is 0. The highest BCUT2D eigenvalue weighted by Gasteiger charge is 2.32. The highest BCUT2D eigenvalue weighted by Crippen LogP contribution is 2.26. The second-order valence-electron chi connectivity index (χ2n) is 7.78. The number of carbonyl (C=O) groups is 2. The van der Waals surface area contributed by atoms with Crippen molar-refractivity contribution in [1.82, 2.24) is 4.90 Å². The molecule has 0 spiro atoms. The predicted molar refractivity (Wildman–Crippen MR) is 96.0 cm³/mol. The standard InChI is InChI=1S/C20H29NO4/c1-15-10-11-17(12-18(22)25-20(2,3)4)13-21(15)19(23)24-14-16-8-6-5-7-9-16/h5-9,15,17H,10-14H2,1-4H3. The zero-order valence-electron chi connectivity index (χ0n) is 15.7. The average molecular weight is 347 g/mol. The Kier molecular flexibility index (Phi) is 6.45. The number of ether oxygens (including phenoxy) is 2. The van der Waals surface area contributed by atoms with E-state index in [0.29, 0.717) is 13.0 Å². The minimum atomic E-state index is -0.479. The molecule has 5 heteroatoms. The zero-order chi connectivity index (χ0) is 18.4. The molecule has 138 valence electrons. The molecule has 0 radical (unpaired) electrons. The molecular weight excluding hydrogens is 318 g/mol. The van der Waals surface area contributed by atoms with Gasteiger partial charge in [-0.15, -0.1) is 0 Å². The summed E-state index contributed by atoms with van der Waals surface area (Å²) >= 11 is 0. The maximum Gasteiger partial charge on any atom is 0.410 e. The van der Waals surface area contributed by atoms with Crippen LogP contribution in [-0.2, 0) is 20.9 Å². The van der Waals surface area contributed by atoms with E-state index in [0.717, 1.165) is 18.4 Å². The van der Waals surface area contributed by atoms with Gasteiger partial charge in [0.1, 0.15) is 12.2 Å². The summed E-state index contributed by atoms with van der Waals surface area (Å²) in [6.45, 7) is 8.41. The first kappa shape index (κ1) is 19.3. The van der Waals surface area contributed by atoms with E-state index in [-0.39, 0.29) is 30.6 Å². The van der Waals surface area contributed by atoms with Crippen LogP contribution in [0.2, 0.25) is 0 Å². The molecule has 0 aromatic heterocycles. The first-order valence-corrected chi connectivity index (χ1v) is 8.94. The topological polar surface area (TPSA) is 55.8 Å². The number of hydrogen-bond acceptors (Lipinski definition) is 4. The van der Waals surface area contributed by atoms with Crippen LogP contribution in [0.15, 0.2) is 30.3 Å². The van der Waals surface area contributed by atoms with Gasteiger partial charge in [0.05, 0.1) is 6.42 Å². The van der Waals surface area contributed by atoms with Crippen LogP contribution in [0.3, 0.4) is 0 Å². The Morgan fingerprint density at radius 2 is 1.84 bits per heavy atom. The highest BCUT2D eigenvalue weighted by molar-refractivity contribution is 5.71. The summed E-state index contributed by atoms with van der Waals surface area (Å²) < 4.78 is 10.8. The Labute approximate surface area is 150 Å². The quantitative estimate of drug-likeness (QED) is 0.768. The van der Waals surface area contributed by atoms with Gasteiger partial charge in [-0.1, -0.05) is 30.3 Å². The Morgan fingerprint density at radius 1 is 1.16 bits per heavy atom. The molecule has 1 aromatic carbocycles. The van der Waals surface area contributed by atoms with Gasteiger partial charge in [0.25, 0.3) is 0 Å². The first-order chi connectivity index (χ1) is 11.7.